The van der Waals surface area contributed by atoms with E-state index in [-0.39, 0.29) is 12.3 Å². The van der Waals surface area contributed by atoms with Gasteiger partial charge in [-0.15, -0.1) is 11.3 Å². The summed E-state index contributed by atoms with van der Waals surface area (Å²) >= 11 is 1.69. The lowest BCUT2D eigenvalue weighted by Gasteiger charge is -2.25. The van der Waals surface area contributed by atoms with Crippen LogP contribution >= 0.6 is 11.3 Å². The molecule has 0 bridgehead atoms. The van der Waals surface area contributed by atoms with E-state index in [1.807, 2.05) is 6.92 Å². The normalized spacial score (nSPS) is 13.2. The standard InChI is InChI=1S/C12H22N2O2S/c1-5-6-13-10(12(15-3)16-4)7-11-14-9(2)8-17-11/h8,10,12-13H,5-7H2,1-4H3. The molecule has 0 aromatic carbocycles. The fourth-order valence-electron chi connectivity index (χ4n) is 1.70. The molecule has 17 heavy (non-hydrogen) atoms. The molecule has 1 aromatic heterocycles. The van der Waals surface area contributed by atoms with E-state index in [2.05, 4.69) is 22.6 Å². The lowest BCUT2D eigenvalue weighted by atomic mass is 10.2. The van der Waals surface area contributed by atoms with E-state index >= 15 is 0 Å². The molecule has 0 saturated carbocycles. The Morgan fingerprint density at radius 2 is 2.12 bits per heavy atom. The third-order valence-electron chi connectivity index (χ3n) is 2.51. The van der Waals surface area contributed by atoms with Crippen LogP contribution in [0.15, 0.2) is 5.38 Å². The van der Waals surface area contributed by atoms with Crippen molar-refractivity contribution in [3.8, 4) is 0 Å². The van der Waals surface area contributed by atoms with Gasteiger partial charge in [0.25, 0.3) is 0 Å². The highest BCUT2D eigenvalue weighted by molar-refractivity contribution is 7.09. The number of hydrogen-bond donors (Lipinski definition) is 1. The van der Waals surface area contributed by atoms with Gasteiger partial charge in [-0.2, -0.15) is 0 Å². The zero-order chi connectivity index (χ0) is 12.7. The van der Waals surface area contributed by atoms with E-state index in [0.29, 0.717) is 0 Å². The van der Waals surface area contributed by atoms with Crippen molar-refractivity contribution < 1.29 is 9.47 Å². The van der Waals surface area contributed by atoms with Crippen LogP contribution in [0.1, 0.15) is 24.0 Å². The van der Waals surface area contributed by atoms with E-state index in [1.54, 1.807) is 25.6 Å². The van der Waals surface area contributed by atoms with E-state index < -0.39 is 0 Å². The minimum absolute atomic E-state index is 0.149. The number of rotatable bonds is 8. The van der Waals surface area contributed by atoms with Crippen LogP contribution in [0.3, 0.4) is 0 Å². The van der Waals surface area contributed by atoms with Crippen LogP contribution in [-0.2, 0) is 15.9 Å². The third-order valence-corrected chi connectivity index (χ3v) is 3.50. The van der Waals surface area contributed by atoms with Crippen molar-refractivity contribution in [1.29, 1.82) is 0 Å². The number of aryl methyl sites for hydroxylation is 1. The molecule has 1 atom stereocenters. The van der Waals surface area contributed by atoms with Crippen LogP contribution in [-0.4, -0.2) is 38.1 Å². The number of nitrogens with one attached hydrogen (secondary N) is 1. The number of nitrogens with zero attached hydrogens (tertiary/aromatic N) is 1. The molecule has 0 saturated heterocycles. The average molecular weight is 258 g/mol. The van der Waals surface area contributed by atoms with Crippen LogP contribution in [0.5, 0.6) is 0 Å². The highest BCUT2D eigenvalue weighted by atomic mass is 32.1. The Kier molecular flexibility index (Phi) is 6.65. The Morgan fingerprint density at radius 1 is 1.41 bits per heavy atom. The van der Waals surface area contributed by atoms with Crippen LogP contribution in [0.2, 0.25) is 0 Å². The Bertz CT molecular complexity index is 313. The van der Waals surface area contributed by atoms with Crippen LogP contribution in [0, 0.1) is 6.92 Å². The molecule has 0 aliphatic carbocycles. The Balaban J connectivity index is 2.61. The molecule has 0 amide bonds. The highest BCUT2D eigenvalue weighted by Gasteiger charge is 2.21. The summed E-state index contributed by atoms with van der Waals surface area (Å²) in [5.74, 6) is 0. The smallest absolute Gasteiger partial charge is 0.172 e. The summed E-state index contributed by atoms with van der Waals surface area (Å²) in [6, 6.07) is 0.149. The van der Waals surface area contributed by atoms with Gasteiger partial charge >= 0.3 is 0 Å². The van der Waals surface area contributed by atoms with Gasteiger partial charge in [0.2, 0.25) is 0 Å². The third kappa shape index (κ3) is 4.71. The topological polar surface area (TPSA) is 43.4 Å². The molecule has 5 heteroatoms. The van der Waals surface area contributed by atoms with Crippen LogP contribution < -0.4 is 5.32 Å². The van der Waals surface area contributed by atoms with Gasteiger partial charge in [-0.05, 0) is 19.9 Å². The summed E-state index contributed by atoms with van der Waals surface area (Å²) in [6.45, 7) is 5.11. The van der Waals surface area contributed by atoms with Gasteiger partial charge in [0.05, 0.1) is 11.0 Å². The van der Waals surface area contributed by atoms with Crippen molar-refractivity contribution in [2.24, 2.45) is 0 Å². The molecule has 1 unspecified atom stereocenters. The molecular weight excluding hydrogens is 236 g/mol. The van der Waals surface area contributed by atoms with Gasteiger partial charge in [-0.25, -0.2) is 4.98 Å². The molecule has 4 nitrogen and oxygen atoms in total. The highest BCUT2D eigenvalue weighted by Crippen LogP contribution is 2.14. The minimum atomic E-state index is -0.231. The van der Waals surface area contributed by atoms with Crippen LogP contribution in [0.25, 0.3) is 0 Å². The SMILES string of the molecule is CCCNC(Cc1nc(C)cs1)C(OC)OC. The second kappa shape index (κ2) is 7.76. The number of hydrogen-bond acceptors (Lipinski definition) is 5. The summed E-state index contributed by atoms with van der Waals surface area (Å²) in [4.78, 5) is 4.48. The fraction of sp³-hybridized carbons (Fsp3) is 0.750. The monoisotopic (exact) mass is 258 g/mol. The van der Waals surface area contributed by atoms with Crippen molar-refractivity contribution in [3.05, 3.63) is 16.1 Å². The number of methoxy groups -OCH3 is 2. The molecule has 0 fully saturated rings. The fourth-order valence-corrected chi connectivity index (χ4v) is 2.54. The Labute approximate surface area is 107 Å². The van der Waals surface area contributed by atoms with Crippen molar-refractivity contribution >= 4 is 11.3 Å². The second-order valence-electron chi connectivity index (χ2n) is 3.99. The first-order valence-electron chi connectivity index (χ1n) is 5.91. The summed E-state index contributed by atoms with van der Waals surface area (Å²) < 4.78 is 10.7. The Hall–Kier alpha value is -0.490. The van der Waals surface area contributed by atoms with Crippen molar-refractivity contribution in [2.75, 3.05) is 20.8 Å². The molecular formula is C12H22N2O2S. The van der Waals surface area contributed by atoms with Crippen molar-refractivity contribution in [3.63, 3.8) is 0 Å². The van der Waals surface area contributed by atoms with Gasteiger partial charge in [-0.3, -0.25) is 0 Å². The number of thiazole rings is 1. The quantitative estimate of drug-likeness (QED) is 0.724. The molecule has 1 rings (SSSR count). The summed E-state index contributed by atoms with van der Waals surface area (Å²) in [7, 11) is 3.34. The van der Waals surface area contributed by atoms with Gasteiger partial charge in [0.15, 0.2) is 6.29 Å². The van der Waals surface area contributed by atoms with Gasteiger partial charge in [-0.1, -0.05) is 6.92 Å². The molecule has 0 aliphatic rings. The van der Waals surface area contributed by atoms with E-state index in [0.717, 1.165) is 30.1 Å². The largest absolute Gasteiger partial charge is 0.354 e. The van der Waals surface area contributed by atoms with Gasteiger partial charge < -0.3 is 14.8 Å². The average Bonchev–Trinajstić information content (AvgIpc) is 2.73. The minimum Gasteiger partial charge on any atom is -0.354 e. The van der Waals surface area contributed by atoms with Gasteiger partial charge in [0, 0.05) is 31.7 Å². The van der Waals surface area contributed by atoms with Crippen molar-refractivity contribution in [1.82, 2.24) is 10.3 Å². The predicted octanol–water partition coefficient (Wildman–Crippen LogP) is 1.98. The molecule has 98 valence electrons. The van der Waals surface area contributed by atoms with E-state index in [1.165, 1.54) is 0 Å². The summed E-state index contributed by atoms with van der Waals surface area (Å²) in [5.41, 5.74) is 1.07. The maximum absolute atomic E-state index is 5.33. The van der Waals surface area contributed by atoms with Crippen LogP contribution in [0.4, 0.5) is 0 Å². The number of aromatic nitrogens is 1. The molecule has 1 N–H and O–H groups in total. The Morgan fingerprint density at radius 3 is 2.59 bits per heavy atom. The molecule has 0 aliphatic heterocycles. The molecule has 0 radical (unpaired) electrons. The van der Waals surface area contributed by atoms with E-state index in [4.69, 9.17) is 9.47 Å². The number of ether oxygens (including phenoxy) is 2. The first kappa shape index (κ1) is 14.6. The zero-order valence-corrected chi connectivity index (χ0v) is 11.8. The first-order valence-corrected chi connectivity index (χ1v) is 6.79. The predicted molar refractivity (Wildman–Crippen MR) is 70.4 cm³/mol. The van der Waals surface area contributed by atoms with Gasteiger partial charge in [0.1, 0.15) is 0 Å². The molecule has 0 spiro atoms. The first-order chi connectivity index (χ1) is 8.21. The zero-order valence-electron chi connectivity index (χ0n) is 11.0. The lowest BCUT2D eigenvalue weighted by Crippen LogP contribution is -2.44. The molecule has 1 heterocycles. The second-order valence-corrected chi connectivity index (χ2v) is 4.93. The van der Waals surface area contributed by atoms with E-state index in [9.17, 15) is 0 Å². The summed E-state index contributed by atoms with van der Waals surface area (Å²) in [6.07, 6.45) is 1.70. The lowest BCUT2D eigenvalue weighted by molar-refractivity contribution is -0.122. The summed E-state index contributed by atoms with van der Waals surface area (Å²) in [5, 5.41) is 6.64. The maximum Gasteiger partial charge on any atom is 0.172 e. The maximum atomic E-state index is 5.33. The molecule has 1 aromatic rings. The van der Waals surface area contributed by atoms with Crippen molar-refractivity contribution in [2.45, 2.75) is 39.0 Å².